The van der Waals surface area contributed by atoms with Crippen molar-refractivity contribution in [2.75, 3.05) is 19.8 Å². The van der Waals surface area contributed by atoms with Gasteiger partial charge in [-0.05, 0) is 37.0 Å². The van der Waals surface area contributed by atoms with Crippen molar-refractivity contribution in [3.63, 3.8) is 0 Å². The monoisotopic (exact) mass is 241 g/mol. The minimum Gasteiger partial charge on any atom is -0.380 e. The molecule has 0 aromatic rings. The highest BCUT2D eigenvalue weighted by Crippen LogP contribution is 2.28. The maximum absolute atomic E-state index is 5.64. The standard InChI is InChI=1S/C15H31NO/c1-12(2)8-10-17-11-9-16-15-13(3)6-5-7-14(15)4/h12-16H,5-11H2,1-4H3. The fourth-order valence-electron chi connectivity index (χ4n) is 2.80. The van der Waals surface area contributed by atoms with Gasteiger partial charge in [0, 0.05) is 19.2 Å². The van der Waals surface area contributed by atoms with Crippen molar-refractivity contribution in [3.8, 4) is 0 Å². The van der Waals surface area contributed by atoms with E-state index in [4.69, 9.17) is 4.74 Å². The smallest absolute Gasteiger partial charge is 0.0591 e. The van der Waals surface area contributed by atoms with Crippen molar-refractivity contribution < 1.29 is 4.74 Å². The Morgan fingerprint density at radius 1 is 1.12 bits per heavy atom. The first kappa shape index (κ1) is 15.0. The van der Waals surface area contributed by atoms with Gasteiger partial charge < -0.3 is 10.1 Å². The second-order valence-electron chi connectivity index (χ2n) is 6.16. The van der Waals surface area contributed by atoms with E-state index in [9.17, 15) is 0 Å². The van der Waals surface area contributed by atoms with Gasteiger partial charge in [0.05, 0.1) is 6.61 Å². The van der Waals surface area contributed by atoms with Crippen LogP contribution in [0.1, 0.15) is 53.4 Å². The predicted molar refractivity (Wildman–Crippen MR) is 74.2 cm³/mol. The highest BCUT2D eigenvalue weighted by molar-refractivity contribution is 4.83. The number of nitrogens with one attached hydrogen (secondary N) is 1. The largest absolute Gasteiger partial charge is 0.380 e. The van der Waals surface area contributed by atoms with Crippen LogP contribution >= 0.6 is 0 Å². The van der Waals surface area contributed by atoms with Crippen LogP contribution in [0.4, 0.5) is 0 Å². The van der Waals surface area contributed by atoms with E-state index >= 15 is 0 Å². The fourth-order valence-corrected chi connectivity index (χ4v) is 2.80. The molecule has 2 nitrogen and oxygen atoms in total. The summed E-state index contributed by atoms with van der Waals surface area (Å²) in [7, 11) is 0. The lowest BCUT2D eigenvalue weighted by molar-refractivity contribution is 0.114. The molecular weight excluding hydrogens is 210 g/mol. The number of hydrogen-bond acceptors (Lipinski definition) is 2. The molecule has 1 rings (SSSR count). The molecule has 2 heteroatoms. The molecule has 0 bridgehead atoms. The van der Waals surface area contributed by atoms with E-state index in [0.29, 0.717) is 6.04 Å². The molecule has 0 saturated heterocycles. The van der Waals surface area contributed by atoms with Gasteiger partial charge in [0.2, 0.25) is 0 Å². The number of ether oxygens (including phenoxy) is 1. The van der Waals surface area contributed by atoms with Crippen LogP contribution in [0.2, 0.25) is 0 Å². The van der Waals surface area contributed by atoms with Gasteiger partial charge in [0.1, 0.15) is 0 Å². The Hall–Kier alpha value is -0.0800. The Kier molecular flexibility index (Phi) is 7.14. The normalized spacial score (nSPS) is 29.8. The van der Waals surface area contributed by atoms with Crippen molar-refractivity contribution in [1.29, 1.82) is 0 Å². The summed E-state index contributed by atoms with van der Waals surface area (Å²) in [5.74, 6) is 2.41. The lowest BCUT2D eigenvalue weighted by Crippen LogP contribution is -2.44. The van der Waals surface area contributed by atoms with Crippen molar-refractivity contribution >= 4 is 0 Å². The van der Waals surface area contributed by atoms with Crippen LogP contribution in [0.25, 0.3) is 0 Å². The van der Waals surface area contributed by atoms with Gasteiger partial charge in [0.15, 0.2) is 0 Å². The second-order valence-corrected chi connectivity index (χ2v) is 6.16. The van der Waals surface area contributed by atoms with Crippen molar-refractivity contribution in [1.82, 2.24) is 5.32 Å². The van der Waals surface area contributed by atoms with Crippen LogP contribution in [0, 0.1) is 17.8 Å². The van der Waals surface area contributed by atoms with Gasteiger partial charge in [-0.25, -0.2) is 0 Å². The molecule has 1 aliphatic rings. The summed E-state index contributed by atoms with van der Waals surface area (Å²) < 4.78 is 5.64. The molecule has 0 aromatic heterocycles. The van der Waals surface area contributed by atoms with E-state index in [0.717, 1.165) is 37.5 Å². The topological polar surface area (TPSA) is 21.3 Å². The summed E-state index contributed by atoms with van der Waals surface area (Å²) in [4.78, 5) is 0. The lowest BCUT2D eigenvalue weighted by Gasteiger charge is -2.35. The van der Waals surface area contributed by atoms with Gasteiger partial charge in [-0.1, -0.05) is 34.1 Å². The predicted octanol–water partition coefficient (Wildman–Crippen LogP) is 3.46. The maximum atomic E-state index is 5.64. The van der Waals surface area contributed by atoms with E-state index in [1.165, 1.54) is 25.7 Å². The Morgan fingerprint density at radius 3 is 2.35 bits per heavy atom. The molecule has 1 fully saturated rings. The Morgan fingerprint density at radius 2 is 1.76 bits per heavy atom. The van der Waals surface area contributed by atoms with Crippen molar-refractivity contribution in [2.45, 2.75) is 59.4 Å². The molecule has 0 aliphatic heterocycles. The van der Waals surface area contributed by atoms with Crippen LogP contribution in [0.15, 0.2) is 0 Å². The van der Waals surface area contributed by atoms with E-state index < -0.39 is 0 Å². The SMILES string of the molecule is CC(C)CCOCCNC1C(C)CCCC1C. The van der Waals surface area contributed by atoms with Crippen molar-refractivity contribution in [3.05, 3.63) is 0 Å². The maximum Gasteiger partial charge on any atom is 0.0591 e. The zero-order valence-electron chi connectivity index (χ0n) is 12.2. The quantitative estimate of drug-likeness (QED) is 0.689. The molecular formula is C15H31NO. The summed E-state index contributed by atoms with van der Waals surface area (Å²) in [6.07, 6.45) is 5.36. The molecule has 17 heavy (non-hydrogen) atoms. The molecule has 0 radical (unpaired) electrons. The fraction of sp³-hybridized carbons (Fsp3) is 1.00. The molecule has 0 spiro atoms. The molecule has 0 heterocycles. The highest BCUT2D eigenvalue weighted by Gasteiger charge is 2.26. The third-order valence-corrected chi connectivity index (χ3v) is 4.01. The van der Waals surface area contributed by atoms with Gasteiger partial charge in [-0.3, -0.25) is 0 Å². The van der Waals surface area contributed by atoms with Crippen LogP contribution in [0.5, 0.6) is 0 Å². The molecule has 0 aromatic carbocycles. The van der Waals surface area contributed by atoms with Crippen LogP contribution in [-0.2, 0) is 4.74 Å². The van der Waals surface area contributed by atoms with E-state index in [-0.39, 0.29) is 0 Å². The zero-order valence-corrected chi connectivity index (χ0v) is 12.2. The van der Waals surface area contributed by atoms with Crippen LogP contribution in [-0.4, -0.2) is 25.8 Å². The Labute approximate surface area is 108 Å². The van der Waals surface area contributed by atoms with E-state index in [1.807, 2.05) is 0 Å². The first-order valence-electron chi connectivity index (χ1n) is 7.42. The summed E-state index contributed by atoms with van der Waals surface area (Å²) in [6.45, 7) is 12.0. The lowest BCUT2D eigenvalue weighted by atomic mass is 9.79. The van der Waals surface area contributed by atoms with Gasteiger partial charge in [-0.15, -0.1) is 0 Å². The minimum atomic E-state index is 0.706. The second kappa shape index (κ2) is 8.10. The zero-order chi connectivity index (χ0) is 12.7. The minimum absolute atomic E-state index is 0.706. The third-order valence-electron chi connectivity index (χ3n) is 4.01. The molecule has 2 atom stereocenters. The molecule has 2 unspecified atom stereocenters. The first-order valence-corrected chi connectivity index (χ1v) is 7.42. The van der Waals surface area contributed by atoms with Crippen LogP contribution in [0.3, 0.4) is 0 Å². The molecule has 1 N–H and O–H groups in total. The molecule has 1 aliphatic carbocycles. The first-order chi connectivity index (χ1) is 8.11. The molecule has 102 valence electrons. The Balaban J connectivity index is 2.04. The van der Waals surface area contributed by atoms with E-state index in [2.05, 4.69) is 33.0 Å². The summed E-state index contributed by atoms with van der Waals surface area (Å²) in [6, 6.07) is 0.706. The van der Waals surface area contributed by atoms with Gasteiger partial charge >= 0.3 is 0 Å². The summed E-state index contributed by atoms with van der Waals surface area (Å²) in [5, 5.41) is 3.68. The molecule has 1 saturated carbocycles. The third kappa shape index (κ3) is 5.87. The summed E-state index contributed by atoms with van der Waals surface area (Å²) >= 11 is 0. The Bertz CT molecular complexity index is 183. The highest BCUT2D eigenvalue weighted by atomic mass is 16.5. The van der Waals surface area contributed by atoms with Crippen LogP contribution < -0.4 is 5.32 Å². The number of hydrogen-bond donors (Lipinski definition) is 1. The molecule has 0 amide bonds. The van der Waals surface area contributed by atoms with E-state index in [1.54, 1.807) is 0 Å². The van der Waals surface area contributed by atoms with Gasteiger partial charge in [-0.2, -0.15) is 0 Å². The summed E-state index contributed by atoms with van der Waals surface area (Å²) in [5.41, 5.74) is 0. The van der Waals surface area contributed by atoms with Gasteiger partial charge in [0.25, 0.3) is 0 Å². The average molecular weight is 241 g/mol. The number of rotatable bonds is 7. The van der Waals surface area contributed by atoms with Crippen molar-refractivity contribution in [2.24, 2.45) is 17.8 Å². The average Bonchev–Trinajstić information content (AvgIpc) is 2.26.